The molecule has 3 heteroatoms. The SMILES string of the molecule is Cc1cc(C)cc(CNCC(C(C)C)N2CCN(C)CC2)c1. The van der Waals surface area contributed by atoms with Gasteiger partial charge in [0.25, 0.3) is 0 Å². The molecule has 1 heterocycles. The number of nitrogens with one attached hydrogen (secondary N) is 1. The van der Waals surface area contributed by atoms with Crippen LogP contribution in [0.3, 0.4) is 0 Å². The van der Waals surface area contributed by atoms with E-state index in [4.69, 9.17) is 0 Å². The summed E-state index contributed by atoms with van der Waals surface area (Å²) in [6.45, 7) is 15.9. The quantitative estimate of drug-likeness (QED) is 0.871. The lowest BCUT2D eigenvalue weighted by atomic mass is 10.0. The molecule has 1 saturated heterocycles. The van der Waals surface area contributed by atoms with E-state index in [2.05, 4.69) is 68.1 Å². The highest BCUT2D eigenvalue weighted by atomic mass is 15.3. The Labute approximate surface area is 136 Å². The third-order valence-corrected chi connectivity index (χ3v) is 4.74. The van der Waals surface area contributed by atoms with E-state index >= 15 is 0 Å². The summed E-state index contributed by atoms with van der Waals surface area (Å²) in [6, 6.07) is 7.46. The standard InChI is InChI=1S/C19H33N3/c1-15(2)19(22-8-6-21(5)7-9-22)14-20-13-18-11-16(3)10-17(4)12-18/h10-12,15,19-20H,6-9,13-14H2,1-5H3. The fraction of sp³-hybridized carbons (Fsp3) is 0.684. The molecule has 1 atom stereocenters. The lowest BCUT2D eigenvalue weighted by Gasteiger charge is -2.40. The minimum Gasteiger partial charge on any atom is -0.311 e. The lowest BCUT2D eigenvalue weighted by molar-refractivity contribution is 0.0875. The number of hydrogen-bond donors (Lipinski definition) is 1. The smallest absolute Gasteiger partial charge is 0.0244 e. The van der Waals surface area contributed by atoms with E-state index in [-0.39, 0.29) is 0 Å². The molecule has 0 amide bonds. The third kappa shape index (κ3) is 5.08. The van der Waals surface area contributed by atoms with Crippen molar-refractivity contribution in [2.75, 3.05) is 39.8 Å². The first-order valence-corrected chi connectivity index (χ1v) is 8.66. The number of aryl methyl sites for hydroxylation is 2. The average Bonchev–Trinajstić information content (AvgIpc) is 2.43. The molecule has 124 valence electrons. The van der Waals surface area contributed by atoms with Crippen molar-refractivity contribution < 1.29 is 0 Å². The summed E-state index contributed by atoms with van der Waals surface area (Å²) in [5.41, 5.74) is 4.12. The van der Waals surface area contributed by atoms with Crippen LogP contribution in [-0.4, -0.2) is 55.6 Å². The molecule has 0 spiro atoms. The van der Waals surface area contributed by atoms with Gasteiger partial charge in [-0.3, -0.25) is 4.90 Å². The predicted molar refractivity (Wildman–Crippen MR) is 95.3 cm³/mol. The Morgan fingerprint density at radius 2 is 1.59 bits per heavy atom. The van der Waals surface area contributed by atoms with Gasteiger partial charge in [-0.2, -0.15) is 0 Å². The van der Waals surface area contributed by atoms with Gasteiger partial charge in [-0.05, 0) is 32.4 Å². The van der Waals surface area contributed by atoms with Gasteiger partial charge in [0.2, 0.25) is 0 Å². The fourth-order valence-electron chi connectivity index (χ4n) is 3.48. The monoisotopic (exact) mass is 303 g/mol. The first-order chi connectivity index (χ1) is 10.5. The summed E-state index contributed by atoms with van der Waals surface area (Å²) in [6.07, 6.45) is 0. The fourth-order valence-corrected chi connectivity index (χ4v) is 3.48. The molecule has 1 aliphatic heterocycles. The minimum absolute atomic E-state index is 0.639. The summed E-state index contributed by atoms with van der Waals surface area (Å²) in [5, 5.41) is 3.69. The summed E-state index contributed by atoms with van der Waals surface area (Å²) >= 11 is 0. The molecule has 22 heavy (non-hydrogen) atoms. The normalized spacial score (nSPS) is 18.8. The van der Waals surface area contributed by atoms with Crippen molar-refractivity contribution in [2.45, 2.75) is 40.3 Å². The molecular formula is C19H33N3. The van der Waals surface area contributed by atoms with Crippen molar-refractivity contribution in [3.63, 3.8) is 0 Å². The lowest BCUT2D eigenvalue weighted by Crippen LogP contribution is -2.53. The van der Waals surface area contributed by atoms with Crippen LogP contribution in [0.1, 0.15) is 30.5 Å². The van der Waals surface area contributed by atoms with Crippen LogP contribution in [0.25, 0.3) is 0 Å². The molecule has 1 unspecified atom stereocenters. The van der Waals surface area contributed by atoms with Crippen molar-refractivity contribution in [3.8, 4) is 0 Å². The number of hydrogen-bond acceptors (Lipinski definition) is 3. The molecule has 1 aromatic carbocycles. The van der Waals surface area contributed by atoms with Crippen molar-refractivity contribution in [3.05, 3.63) is 34.9 Å². The molecule has 0 saturated carbocycles. The van der Waals surface area contributed by atoms with Gasteiger partial charge in [-0.15, -0.1) is 0 Å². The van der Waals surface area contributed by atoms with E-state index in [1.54, 1.807) is 0 Å². The summed E-state index contributed by atoms with van der Waals surface area (Å²) in [5.74, 6) is 0.690. The highest BCUT2D eigenvalue weighted by Crippen LogP contribution is 2.14. The molecule has 1 fully saturated rings. The van der Waals surface area contributed by atoms with Gasteiger partial charge >= 0.3 is 0 Å². The maximum atomic E-state index is 3.69. The molecule has 1 aliphatic rings. The Hall–Kier alpha value is -0.900. The highest BCUT2D eigenvalue weighted by molar-refractivity contribution is 5.28. The van der Waals surface area contributed by atoms with Crippen LogP contribution in [0.4, 0.5) is 0 Å². The molecule has 1 aromatic rings. The number of piperazine rings is 1. The van der Waals surface area contributed by atoms with Gasteiger partial charge in [0.1, 0.15) is 0 Å². The van der Waals surface area contributed by atoms with E-state index in [1.807, 2.05) is 0 Å². The van der Waals surface area contributed by atoms with Crippen LogP contribution < -0.4 is 5.32 Å². The summed E-state index contributed by atoms with van der Waals surface area (Å²) in [4.78, 5) is 5.09. The maximum absolute atomic E-state index is 3.69. The predicted octanol–water partition coefficient (Wildman–Crippen LogP) is 2.67. The average molecular weight is 303 g/mol. The minimum atomic E-state index is 0.639. The van der Waals surface area contributed by atoms with Crippen LogP contribution in [0, 0.1) is 19.8 Å². The molecule has 0 radical (unpaired) electrons. The number of nitrogens with zero attached hydrogens (tertiary/aromatic N) is 2. The molecule has 0 aliphatic carbocycles. The largest absolute Gasteiger partial charge is 0.311 e. The van der Waals surface area contributed by atoms with Gasteiger partial charge in [0.15, 0.2) is 0 Å². The first-order valence-electron chi connectivity index (χ1n) is 8.66. The van der Waals surface area contributed by atoms with Crippen molar-refractivity contribution >= 4 is 0 Å². The molecule has 0 bridgehead atoms. The topological polar surface area (TPSA) is 18.5 Å². The maximum Gasteiger partial charge on any atom is 0.0244 e. The Bertz CT molecular complexity index is 441. The van der Waals surface area contributed by atoms with Crippen LogP contribution in [0.5, 0.6) is 0 Å². The highest BCUT2D eigenvalue weighted by Gasteiger charge is 2.24. The summed E-state index contributed by atoms with van der Waals surface area (Å²) < 4.78 is 0. The van der Waals surface area contributed by atoms with E-state index in [9.17, 15) is 0 Å². The molecule has 2 rings (SSSR count). The zero-order valence-electron chi connectivity index (χ0n) is 15.0. The first kappa shape index (κ1) is 17.5. The zero-order valence-corrected chi connectivity index (χ0v) is 15.0. The van der Waals surface area contributed by atoms with Crippen LogP contribution in [0.2, 0.25) is 0 Å². The third-order valence-electron chi connectivity index (χ3n) is 4.74. The van der Waals surface area contributed by atoms with Crippen LogP contribution in [-0.2, 0) is 6.54 Å². The molecule has 1 N–H and O–H groups in total. The number of benzene rings is 1. The second-order valence-electron chi connectivity index (χ2n) is 7.28. The molecule has 0 aromatic heterocycles. The second-order valence-corrected chi connectivity index (χ2v) is 7.28. The van der Waals surface area contributed by atoms with Gasteiger partial charge < -0.3 is 10.2 Å². The Morgan fingerprint density at radius 1 is 1.00 bits per heavy atom. The van der Waals surface area contributed by atoms with Gasteiger partial charge in [-0.25, -0.2) is 0 Å². The Morgan fingerprint density at radius 3 is 2.14 bits per heavy atom. The second kappa shape index (κ2) is 8.09. The van der Waals surface area contributed by atoms with E-state index in [0.717, 1.165) is 13.1 Å². The Balaban J connectivity index is 1.86. The van der Waals surface area contributed by atoms with Gasteiger partial charge in [-0.1, -0.05) is 43.2 Å². The summed E-state index contributed by atoms with van der Waals surface area (Å²) in [7, 11) is 2.22. The van der Waals surface area contributed by atoms with Crippen molar-refractivity contribution in [2.24, 2.45) is 5.92 Å². The van der Waals surface area contributed by atoms with E-state index in [0.29, 0.717) is 12.0 Å². The molecular weight excluding hydrogens is 270 g/mol. The Kier molecular flexibility index (Phi) is 6.42. The zero-order chi connectivity index (χ0) is 16.1. The number of likely N-dealkylation sites (N-methyl/N-ethyl adjacent to an activating group) is 1. The van der Waals surface area contributed by atoms with Crippen molar-refractivity contribution in [1.29, 1.82) is 0 Å². The van der Waals surface area contributed by atoms with Gasteiger partial charge in [0.05, 0.1) is 0 Å². The number of rotatable bonds is 6. The van der Waals surface area contributed by atoms with Crippen LogP contribution >= 0.6 is 0 Å². The van der Waals surface area contributed by atoms with Crippen LogP contribution in [0.15, 0.2) is 18.2 Å². The van der Waals surface area contributed by atoms with E-state index in [1.165, 1.54) is 42.9 Å². The van der Waals surface area contributed by atoms with Gasteiger partial charge in [0, 0.05) is 45.3 Å². The molecule has 3 nitrogen and oxygen atoms in total. The van der Waals surface area contributed by atoms with Crippen molar-refractivity contribution in [1.82, 2.24) is 15.1 Å². The van der Waals surface area contributed by atoms with E-state index < -0.39 is 0 Å².